The molecule has 1 aromatic heterocycles. The maximum Gasteiger partial charge on any atom is 0.123 e. The Morgan fingerprint density at radius 1 is 1.17 bits per heavy atom. The largest absolute Gasteiger partial charge is 0.386 e. The SMILES string of the molecule is CNc1c(C(c2ccc(F)cc2)N(C)C)cc(Cl)c2cccnc12. The highest BCUT2D eigenvalue weighted by molar-refractivity contribution is 6.36. The van der Waals surface area contributed by atoms with E-state index in [9.17, 15) is 4.39 Å². The molecule has 1 N–H and O–H groups in total. The fourth-order valence-corrected chi connectivity index (χ4v) is 3.37. The van der Waals surface area contributed by atoms with Crippen molar-refractivity contribution in [1.82, 2.24) is 9.88 Å². The molecule has 1 atom stereocenters. The summed E-state index contributed by atoms with van der Waals surface area (Å²) in [7, 11) is 5.85. The van der Waals surface area contributed by atoms with Gasteiger partial charge in [0.2, 0.25) is 0 Å². The van der Waals surface area contributed by atoms with Gasteiger partial charge in [-0.15, -0.1) is 0 Å². The molecular weight excluding hydrogens is 325 g/mol. The molecule has 124 valence electrons. The van der Waals surface area contributed by atoms with Crippen LogP contribution in [0.4, 0.5) is 10.1 Å². The molecular formula is C19H19ClFN3. The summed E-state index contributed by atoms with van der Waals surface area (Å²) in [5.74, 6) is -0.247. The molecule has 0 aliphatic rings. The zero-order valence-electron chi connectivity index (χ0n) is 13.8. The third kappa shape index (κ3) is 2.95. The Hall–Kier alpha value is -2.17. The van der Waals surface area contributed by atoms with Gasteiger partial charge in [0.25, 0.3) is 0 Å². The summed E-state index contributed by atoms with van der Waals surface area (Å²) >= 11 is 6.51. The molecule has 0 spiro atoms. The predicted molar refractivity (Wildman–Crippen MR) is 98.2 cm³/mol. The highest BCUT2D eigenvalue weighted by Crippen LogP contribution is 2.39. The molecule has 1 heterocycles. The van der Waals surface area contributed by atoms with Crippen LogP contribution in [0.2, 0.25) is 5.02 Å². The van der Waals surface area contributed by atoms with Crippen LogP contribution < -0.4 is 5.32 Å². The average Bonchev–Trinajstić information content (AvgIpc) is 2.57. The van der Waals surface area contributed by atoms with Crippen molar-refractivity contribution >= 4 is 28.2 Å². The topological polar surface area (TPSA) is 28.2 Å². The number of nitrogens with one attached hydrogen (secondary N) is 1. The van der Waals surface area contributed by atoms with Gasteiger partial charge in [0.05, 0.1) is 22.3 Å². The van der Waals surface area contributed by atoms with Crippen molar-refractivity contribution in [2.45, 2.75) is 6.04 Å². The molecule has 0 radical (unpaired) electrons. The Bertz CT molecular complexity index is 862. The van der Waals surface area contributed by atoms with Gasteiger partial charge in [-0.3, -0.25) is 9.88 Å². The van der Waals surface area contributed by atoms with Gasteiger partial charge in [0, 0.05) is 24.2 Å². The summed E-state index contributed by atoms with van der Waals surface area (Å²) in [4.78, 5) is 6.58. The minimum atomic E-state index is -0.247. The first-order valence-electron chi connectivity index (χ1n) is 7.69. The monoisotopic (exact) mass is 343 g/mol. The van der Waals surface area contributed by atoms with E-state index in [1.165, 1.54) is 12.1 Å². The summed E-state index contributed by atoms with van der Waals surface area (Å²) in [5.41, 5.74) is 3.75. The second-order valence-electron chi connectivity index (χ2n) is 5.89. The highest BCUT2D eigenvalue weighted by atomic mass is 35.5. The molecule has 0 aliphatic carbocycles. The number of hydrogen-bond donors (Lipinski definition) is 1. The number of halogens is 2. The van der Waals surface area contributed by atoms with Crippen molar-refractivity contribution in [1.29, 1.82) is 0 Å². The van der Waals surface area contributed by atoms with Crippen molar-refractivity contribution in [2.24, 2.45) is 0 Å². The first kappa shape index (κ1) is 16.7. The van der Waals surface area contributed by atoms with Gasteiger partial charge in [-0.05, 0) is 50.0 Å². The van der Waals surface area contributed by atoms with Crippen LogP contribution in [0, 0.1) is 5.82 Å². The molecule has 0 saturated carbocycles. The molecule has 0 bridgehead atoms. The highest BCUT2D eigenvalue weighted by Gasteiger charge is 2.23. The van der Waals surface area contributed by atoms with E-state index in [0.29, 0.717) is 5.02 Å². The third-order valence-electron chi connectivity index (χ3n) is 4.12. The quantitative estimate of drug-likeness (QED) is 0.743. The molecule has 3 aromatic rings. The lowest BCUT2D eigenvalue weighted by Gasteiger charge is -2.28. The molecule has 24 heavy (non-hydrogen) atoms. The summed E-state index contributed by atoms with van der Waals surface area (Å²) < 4.78 is 13.3. The van der Waals surface area contributed by atoms with Crippen LogP contribution in [0.25, 0.3) is 10.9 Å². The smallest absolute Gasteiger partial charge is 0.123 e. The minimum Gasteiger partial charge on any atom is -0.386 e. The standard InChI is InChI=1S/C19H19ClFN3/c1-22-17-15(11-16(20)14-5-4-10-23-18(14)17)19(24(2)3)12-6-8-13(21)9-7-12/h4-11,19,22H,1-3H3. The Morgan fingerprint density at radius 2 is 1.88 bits per heavy atom. The number of nitrogens with zero attached hydrogens (tertiary/aromatic N) is 2. The van der Waals surface area contributed by atoms with E-state index >= 15 is 0 Å². The fraction of sp³-hybridized carbons (Fsp3) is 0.211. The molecule has 0 saturated heterocycles. The Balaban J connectivity index is 2.26. The van der Waals surface area contributed by atoms with Crippen LogP contribution in [0.3, 0.4) is 0 Å². The van der Waals surface area contributed by atoms with Gasteiger partial charge in [-0.2, -0.15) is 0 Å². The van der Waals surface area contributed by atoms with Gasteiger partial charge in [0.1, 0.15) is 5.82 Å². The number of pyridine rings is 1. The van der Waals surface area contributed by atoms with Crippen LogP contribution in [0.1, 0.15) is 17.2 Å². The first-order chi connectivity index (χ1) is 11.5. The Kier molecular flexibility index (Phi) is 4.69. The van der Waals surface area contributed by atoms with Crippen LogP contribution in [-0.4, -0.2) is 31.0 Å². The number of hydrogen-bond acceptors (Lipinski definition) is 3. The second-order valence-corrected chi connectivity index (χ2v) is 6.30. The van der Waals surface area contributed by atoms with E-state index in [0.717, 1.165) is 27.7 Å². The fourth-order valence-electron chi connectivity index (χ4n) is 3.10. The van der Waals surface area contributed by atoms with Crippen LogP contribution in [0.15, 0.2) is 48.7 Å². The second kappa shape index (κ2) is 6.75. The van der Waals surface area contributed by atoms with E-state index in [4.69, 9.17) is 11.6 Å². The third-order valence-corrected chi connectivity index (χ3v) is 4.43. The Labute approximate surface area is 146 Å². The van der Waals surface area contributed by atoms with Crippen LogP contribution in [-0.2, 0) is 0 Å². The van der Waals surface area contributed by atoms with E-state index < -0.39 is 0 Å². The molecule has 5 heteroatoms. The van der Waals surface area contributed by atoms with Gasteiger partial charge < -0.3 is 5.32 Å². The van der Waals surface area contributed by atoms with Crippen molar-refractivity contribution in [3.05, 3.63) is 70.6 Å². The number of aromatic nitrogens is 1. The van der Waals surface area contributed by atoms with E-state index in [2.05, 4.69) is 15.2 Å². The zero-order chi connectivity index (χ0) is 17.3. The molecule has 0 amide bonds. The summed E-state index contributed by atoms with van der Waals surface area (Å²) in [6.07, 6.45) is 1.76. The lowest BCUT2D eigenvalue weighted by molar-refractivity contribution is 0.343. The average molecular weight is 344 g/mol. The summed E-state index contributed by atoms with van der Waals surface area (Å²) in [5, 5.41) is 4.82. The predicted octanol–water partition coefficient (Wildman–Crippen LogP) is 4.72. The maximum atomic E-state index is 13.3. The van der Waals surface area contributed by atoms with Crippen molar-refractivity contribution in [3.8, 4) is 0 Å². The molecule has 0 fully saturated rings. The van der Waals surface area contributed by atoms with Gasteiger partial charge >= 0.3 is 0 Å². The lowest BCUT2D eigenvalue weighted by atomic mass is 9.94. The van der Waals surface area contributed by atoms with Gasteiger partial charge in [-0.1, -0.05) is 23.7 Å². The van der Waals surface area contributed by atoms with E-state index in [-0.39, 0.29) is 11.9 Å². The van der Waals surface area contributed by atoms with Crippen LogP contribution in [0.5, 0.6) is 0 Å². The molecule has 2 aromatic carbocycles. The van der Waals surface area contributed by atoms with Gasteiger partial charge in [0.15, 0.2) is 0 Å². The van der Waals surface area contributed by atoms with Crippen molar-refractivity contribution in [3.63, 3.8) is 0 Å². The Morgan fingerprint density at radius 3 is 2.50 bits per heavy atom. The number of fused-ring (bicyclic) bond motifs is 1. The molecule has 3 rings (SSSR count). The van der Waals surface area contributed by atoms with E-state index in [1.54, 1.807) is 18.3 Å². The van der Waals surface area contributed by atoms with Gasteiger partial charge in [-0.25, -0.2) is 4.39 Å². The minimum absolute atomic E-state index is 0.0723. The van der Waals surface area contributed by atoms with Crippen molar-refractivity contribution in [2.75, 3.05) is 26.5 Å². The van der Waals surface area contributed by atoms with Crippen LogP contribution >= 0.6 is 11.6 Å². The number of anilines is 1. The zero-order valence-corrected chi connectivity index (χ0v) is 14.6. The normalized spacial score (nSPS) is 12.6. The summed E-state index contributed by atoms with van der Waals surface area (Å²) in [6.45, 7) is 0. The molecule has 0 aliphatic heterocycles. The summed E-state index contributed by atoms with van der Waals surface area (Å²) in [6, 6.07) is 12.3. The maximum absolute atomic E-state index is 13.3. The lowest BCUT2D eigenvalue weighted by Crippen LogP contribution is -2.22. The molecule has 3 nitrogen and oxygen atoms in total. The van der Waals surface area contributed by atoms with Crippen molar-refractivity contribution < 1.29 is 4.39 Å². The van der Waals surface area contributed by atoms with E-state index in [1.807, 2.05) is 39.3 Å². The number of rotatable bonds is 4. The first-order valence-corrected chi connectivity index (χ1v) is 8.07. The molecule has 1 unspecified atom stereocenters. The number of benzene rings is 2.